The molecule has 0 bridgehead atoms. The molecule has 0 saturated heterocycles. The van der Waals surface area contributed by atoms with Gasteiger partial charge in [-0.3, -0.25) is 4.79 Å². The Morgan fingerprint density at radius 3 is 2.38 bits per heavy atom. The van der Waals surface area contributed by atoms with E-state index in [1.54, 1.807) is 18.2 Å². The summed E-state index contributed by atoms with van der Waals surface area (Å²) in [5, 5.41) is 2.99. The van der Waals surface area contributed by atoms with Crippen LogP contribution in [0.15, 0.2) is 60.2 Å². The number of hydrogen-bond donors (Lipinski definition) is 1. The molecule has 0 heterocycles. The predicted molar refractivity (Wildman–Crippen MR) is 128 cm³/mol. The summed E-state index contributed by atoms with van der Waals surface area (Å²) in [7, 11) is 0. The molecule has 5 heteroatoms. The SMILES string of the molecule is CC(C)=CCc1ccc(/C=C/C(=O)OC(C)(C)C)cc1NC(=O)CCc1ccc(F)cc1. The van der Waals surface area contributed by atoms with Gasteiger partial charge in [0.2, 0.25) is 5.91 Å². The summed E-state index contributed by atoms with van der Waals surface area (Å²) in [6.45, 7) is 9.50. The fraction of sp³-hybridized carbons (Fsp3) is 0.333. The van der Waals surface area contributed by atoms with Crippen LogP contribution in [0.2, 0.25) is 0 Å². The van der Waals surface area contributed by atoms with E-state index in [2.05, 4.69) is 11.4 Å². The van der Waals surface area contributed by atoms with Crippen LogP contribution in [0.1, 0.15) is 57.7 Å². The minimum absolute atomic E-state index is 0.124. The maximum atomic E-state index is 13.1. The maximum absolute atomic E-state index is 13.1. The molecule has 32 heavy (non-hydrogen) atoms. The second kappa shape index (κ2) is 11.4. The average Bonchev–Trinajstić information content (AvgIpc) is 2.70. The second-order valence-corrected chi connectivity index (χ2v) is 8.94. The van der Waals surface area contributed by atoms with E-state index in [4.69, 9.17) is 4.74 Å². The number of ether oxygens (including phenoxy) is 1. The molecule has 0 fully saturated rings. The van der Waals surface area contributed by atoms with Crippen molar-refractivity contribution in [1.29, 1.82) is 0 Å². The van der Waals surface area contributed by atoms with E-state index in [1.165, 1.54) is 23.8 Å². The van der Waals surface area contributed by atoms with E-state index >= 15 is 0 Å². The number of hydrogen-bond acceptors (Lipinski definition) is 3. The molecule has 0 radical (unpaired) electrons. The number of allylic oxidation sites excluding steroid dienone is 2. The summed E-state index contributed by atoms with van der Waals surface area (Å²) in [6, 6.07) is 11.9. The molecule has 2 aromatic carbocycles. The van der Waals surface area contributed by atoms with Gasteiger partial charge in [-0.1, -0.05) is 35.9 Å². The van der Waals surface area contributed by atoms with Crippen molar-refractivity contribution in [3.63, 3.8) is 0 Å². The number of nitrogens with one attached hydrogen (secondary N) is 1. The zero-order valence-electron chi connectivity index (χ0n) is 19.5. The molecular weight excluding hydrogens is 405 g/mol. The molecule has 2 aromatic rings. The minimum Gasteiger partial charge on any atom is -0.457 e. The van der Waals surface area contributed by atoms with Crippen LogP contribution >= 0.6 is 0 Å². The van der Waals surface area contributed by atoms with Crippen molar-refractivity contribution in [2.24, 2.45) is 0 Å². The van der Waals surface area contributed by atoms with E-state index < -0.39 is 11.6 Å². The Bertz CT molecular complexity index is 995. The first kappa shape index (κ1) is 25.1. The molecule has 2 rings (SSSR count). The fourth-order valence-corrected chi connectivity index (χ4v) is 2.93. The van der Waals surface area contributed by atoms with Crippen molar-refractivity contribution in [3.05, 3.63) is 82.7 Å². The summed E-state index contributed by atoms with van der Waals surface area (Å²) in [5.74, 6) is -0.838. The molecule has 4 nitrogen and oxygen atoms in total. The molecular formula is C27H32FNO3. The zero-order chi connectivity index (χ0) is 23.7. The largest absolute Gasteiger partial charge is 0.457 e. The van der Waals surface area contributed by atoms with Gasteiger partial charge in [0.05, 0.1) is 0 Å². The van der Waals surface area contributed by atoms with Gasteiger partial charge in [-0.05, 0) is 88.4 Å². The lowest BCUT2D eigenvalue weighted by Crippen LogP contribution is -2.22. The lowest BCUT2D eigenvalue weighted by Gasteiger charge is -2.18. The lowest BCUT2D eigenvalue weighted by molar-refractivity contribution is -0.148. The highest BCUT2D eigenvalue weighted by molar-refractivity contribution is 5.92. The third kappa shape index (κ3) is 9.29. The van der Waals surface area contributed by atoms with Gasteiger partial charge in [0.25, 0.3) is 0 Å². The van der Waals surface area contributed by atoms with Crippen molar-refractivity contribution < 1.29 is 18.7 Å². The first-order chi connectivity index (χ1) is 15.0. The van der Waals surface area contributed by atoms with Gasteiger partial charge in [0.15, 0.2) is 0 Å². The number of carbonyl (C=O) groups is 2. The number of halogens is 1. The van der Waals surface area contributed by atoms with Crippen LogP contribution in [0.4, 0.5) is 10.1 Å². The third-order valence-electron chi connectivity index (χ3n) is 4.51. The molecule has 0 unspecified atom stereocenters. The minimum atomic E-state index is -0.556. The molecule has 1 amide bonds. The highest BCUT2D eigenvalue weighted by Crippen LogP contribution is 2.21. The van der Waals surface area contributed by atoms with E-state index in [0.29, 0.717) is 18.5 Å². The molecule has 0 aromatic heterocycles. The van der Waals surface area contributed by atoms with Crippen LogP contribution in [0.25, 0.3) is 6.08 Å². The van der Waals surface area contributed by atoms with Crippen molar-refractivity contribution in [2.75, 3.05) is 5.32 Å². The van der Waals surface area contributed by atoms with Crippen molar-refractivity contribution in [2.45, 2.75) is 59.5 Å². The van der Waals surface area contributed by atoms with Gasteiger partial charge in [0, 0.05) is 18.2 Å². The Morgan fingerprint density at radius 1 is 1.06 bits per heavy atom. The van der Waals surface area contributed by atoms with Crippen LogP contribution < -0.4 is 5.32 Å². The molecule has 0 saturated carbocycles. The van der Waals surface area contributed by atoms with Crippen molar-refractivity contribution >= 4 is 23.6 Å². The standard InChI is InChI=1S/C27H32FNO3/c1-19(2)6-12-22-13-7-21(11-17-26(31)32-27(3,4)5)18-24(22)29-25(30)16-10-20-8-14-23(28)15-9-20/h6-9,11,13-15,17-18H,10,12,16H2,1-5H3,(H,29,30)/b17-11+. The van der Waals surface area contributed by atoms with Crippen LogP contribution in [-0.2, 0) is 27.2 Å². The average molecular weight is 438 g/mol. The van der Waals surface area contributed by atoms with E-state index in [-0.39, 0.29) is 18.1 Å². The molecule has 0 atom stereocenters. The first-order valence-electron chi connectivity index (χ1n) is 10.7. The number of carbonyl (C=O) groups excluding carboxylic acids is 2. The molecule has 0 aliphatic carbocycles. The second-order valence-electron chi connectivity index (χ2n) is 8.94. The van der Waals surface area contributed by atoms with Crippen LogP contribution in [0, 0.1) is 5.82 Å². The molecule has 170 valence electrons. The first-order valence-corrected chi connectivity index (χ1v) is 10.7. The number of aryl methyl sites for hydroxylation is 1. The van der Waals surface area contributed by atoms with Crippen LogP contribution in [0.3, 0.4) is 0 Å². The number of esters is 1. The van der Waals surface area contributed by atoms with Gasteiger partial charge in [-0.25, -0.2) is 9.18 Å². The number of rotatable bonds is 8. The summed E-state index contributed by atoms with van der Waals surface area (Å²) < 4.78 is 18.4. The Hall–Kier alpha value is -3.21. The number of anilines is 1. The monoisotopic (exact) mass is 437 g/mol. The fourth-order valence-electron chi connectivity index (χ4n) is 2.93. The van der Waals surface area contributed by atoms with E-state index in [1.807, 2.05) is 52.8 Å². The quantitative estimate of drug-likeness (QED) is 0.301. The Morgan fingerprint density at radius 2 is 1.75 bits per heavy atom. The summed E-state index contributed by atoms with van der Waals surface area (Å²) >= 11 is 0. The highest BCUT2D eigenvalue weighted by Gasteiger charge is 2.14. The Balaban J connectivity index is 2.14. The van der Waals surface area contributed by atoms with Gasteiger partial charge >= 0.3 is 5.97 Å². The molecule has 0 spiro atoms. The summed E-state index contributed by atoms with van der Waals surface area (Å²) in [4.78, 5) is 24.6. The van der Waals surface area contributed by atoms with Gasteiger partial charge < -0.3 is 10.1 Å². The molecule has 1 N–H and O–H groups in total. The van der Waals surface area contributed by atoms with Gasteiger partial charge in [0.1, 0.15) is 11.4 Å². The highest BCUT2D eigenvalue weighted by atomic mass is 19.1. The molecule has 0 aliphatic rings. The zero-order valence-corrected chi connectivity index (χ0v) is 19.5. The van der Waals surface area contributed by atoms with Crippen LogP contribution in [-0.4, -0.2) is 17.5 Å². The van der Waals surface area contributed by atoms with E-state index in [9.17, 15) is 14.0 Å². The van der Waals surface area contributed by atoms with Crippen LogP contribution in [0.5, 0.6) is 0 Å². The summed E-state index contributed by atoms with van der Waals surface area (Å²) in [6.07, 6.45) is 6.65. The van der Waals surface area contributed by atoms with Crippen molar-refractivity contribution in [1.82, 2.24) is 0 Å². The number of amides is 1. The Labute approximate surface area is 190 Å². The van der Waals surface area contributed by atoms with E-state index in [0.717, 1.165) is 16.7 Å². The molecule has 0 aliphatic heterocycles. The van der Waals surface area contributed by atoms with Crippen molar-refractivity contribution in [3.8, 4) is 0 Å². The van der Waals surface area contributed by atoms with Gasteiger partial charge in [-0.15, -0.1) is 0 Å². The summed E-state index contributed by atoms with van der Waals surface area (Å²) in [5.41, 5.74) is 4.01. The topological polar surface area (TPSA) is 55.4 Å². The lowest BCUT2D eigenvalue weighted by atomic mass is 10.0. The van der Waals surface area contributed by atoms with Gasteiger partial charge in [-0.2, -0.15) is 0 Å². The normalized spacial score (nSPS) is 11.3. The predicted octanol–water partition coefficient (Wildman–Crippen LogP) is 6.26. The third-order valence-corrected chi connectivity index (χ3v) is 4.51. The smallest absolute Gasteiger partial charge is 0.331 e. The maximum Gasteiger partial charge on any atom is 0.331 e. The Kier molecular flexibility index (Phi) is 8.94. The number of benzene rings is 2.